The Balaban J connectivity index is 1.53. The predicted molar refractivity (Wildman–Crippen MR) is 125 cm³/mol. The highest BCUT2D eigenvalue weighted by Crippen LogP contribution is 2.32. The minimum atomic E-state index is -3.82. The van der Waals surface area contributed by atoms with Crippen molar-refractivity contribution in [2.24, 2.45) is 0 Å². The van der Waals surface area contributed by atoms with Gasteiger partial charge in [-0.25, -0.2) is 8.42 Å². The number of sulfonamides is 1. The van der Waals surface area contributed by atoms with Gasteiger partial charge in [-0.05, 0) is 75.1 Å². The van der Waals surface area contributed by atoms with Crippen LogP contribution in [-0.4, -0.2) is 50.3 Å². The molecule has 8 nitrogen and oxygen atoms in total. The van der Waals surface area contributed by atoms with Crippen LogP contribution in [0.5, 0.6) is 5.75 Å². The lowest BCUT2D eigenvalue weighted by Gasteiger charge is -2.32. The minimum absolute atomic E-state index is 0.0153. The second-order valence-electron chi connectivity index (χ2n) is 8.61. The van der Waals surface area contributed by atoms with Crippen LogP contribution in [-0.2, 0) is 10.0 Å². The topological polar surface area (TPSA) is 105 Å². The van der Waals surface area contributed by atoms with Crippen molar-refractivity contribution in [2.75, 3.05) is 19.0 Å². The Morgan fingerprint density at radius 3 is 2.30 bits per heavy atom. The Hall–Kier alpha value is -2.91. The number of carbonyl (C=O) groups excluding carboxylic acids is 2. The van der Waals surface area contributed by atoms with Crippen molar-refractivity contribution in [3.63, 3.8) is 0 Å². The third-order valence-electron chi connectivity index (χ3n) is 6.07. The zero-order valence-corrected chi connectivity index (χ0v) is 19.7. The molecule has 9 heteroatoms. The molecule has 1 aliphatic heterocycles. The summed E-state index contributed by atoms with van der Waals surface area (Å²) in [6.45, 7) is 2.35. The summed E-state index contributed by atoms with van der Waals surface area (Å²) in [6, 6.07) is 11.2. The molecule has 0 bridgehead atoms. The highest BCUT2D eigenvalue weighted by atomic mass is 32.2. The van der Waals surface area contributed by atoms with Gasteiger partial charge in [0.15, 0.2) is 0 Å². The van der Waals surface area contributed by atoms with Crippen molar-refractivity contribution in [2.45, 2.75) is 56.0 Å². The molecule has 2 fully saturated rings. The number of hydrogen-bond acceptors (Lipinski definition) is 5. The van der Waals surface area contributed by atoms with Crippen LogP contribution in [0.2, 0.25) is 0 Å². The molecule has 0 radical (unpaired) electrons. The number of methoxy groups -OCH3 is 1. The lowest BCUT2D eigenvalue weighted by atomic mass is 10.1. The van der Waals surface area contributed by atoms with E-state index in [-0.39, 0.29) is 34.2 Å². The van der Waals surface area contributed by atoms with Crippen molar-refractivity contribution in [1.82, 2.24) is 9.62 Å². The highest BCUT2D eigenvalue weighted by Gasteiger charge is 2.33. The molecule has 2 aliphatic rings. The molecule has 1 heterocycles. The molecular formula is C24H29N3O5S. The van der Waals surface area contributed by atoms with Crippen molar-refractivity contribution >= 4 is 27.5 Å². The fourth-order valence-electron chi connectivity index (χ4n) is 3.98. The molecule has 2 amide bonds. The van der Waals surface area contributed by atoms with E-state index in [1.54, 1.807) is 24.3 Å². The second kappa shape index (κ2) is 9.52. The van der Waals surface area contributed by atoms with Gasteiger partial charge in [-0.2, -0.15) is 4.31 Å². The molecule has 0 aromatic heterocycles. The van der Waals surface area contributed by atoms with Gasteiger partial charge in [-0.3, -0.25) is 9.59 Å². The zero-order valence-electron chi connectivity index (χ0n) is 18.8. The van der Waals surface area contributed by atoms with Crippen LogP contribution in [0.1, 0.15) is 59.7 Å². The number of hydrogen-bond donors (Lipinski definition) is 2. The van der Waals surface area contributed by atoms with Gasteiger partial charge in [0.05, 0.1) is 7.11 Å². The molecule has 1 atom stereocenters. The largest absolute Gasteiger partial charge is 0.495 e. The van der Waals surface area contributed by atoms with Crippen LogP contribution in [0, 0.1) is 0 Å². The maximum absolute atomic E-state index is 13.4. The van der Waals surface area contributed by atoms with Gasteiger partial charge in [-0.15, -0.1) is 0 Å². The summed E-state index contributed by atoms with van der Waals surface area (Å²) in [5, 5.41) is 5.68. The Kier molecular flexibility index (Phi) is 6.71. The number of rotatable bonds is 7. The number of ether oxygens (including phenoxy) is 1. The first-order chi connectivity index (χ1) is 15.8. The SMILES string of the molecule is COc1ccc(C(=O)Nc2ccc(C(=O)NC3CC3)cc2)cc1S(=O)(=O)N1CCCCC1C. The first-order valence-corrected chi connectivity index (χ1v) is 12.7. The van der Waals surface area contributed by atoms with Gasteiger partial charge < -0.3 is 15.4 Å². The Labute approximate surface area is 194 Å². The second-order valence-corrected chi connectivity index (χ2v) is 10.5. The summed E-state index contributed by atoms with van der Waals surface area (Å²) in [6.07, 6.45) is 4.62. The summed E-state index contributed by atoms with van der Waals surface area (Å²) >= 11 is 0. The smallest absolute Gasteiger partial charge is 0.255 e. The number of piperidine rings is 1. The van der Waals surface area contributed by atoms with Gasteiger partial charge in [0.2, 0.25) is 10.0 Å². The molecule has 1 saturated heterocycles. The standard InChI is InChI=1S/C24H29N3O5S/c1-16-5-3-4-14-27(16)33(30,31)22-15-18(8-13-21(22)32-2)24(29)26-19-9-6-17(7-10-19)23(28)25-20-11-12-20/h6-10,13,15-16,20H,3-5,11-12,14H2,1-2H3,(H,25,28)(H,26,29). The fourth-order valence-corrected chi connectivity index (χ4v) is 5.86. The van der Waals surface area contributed by atoms with Gasteiger partial charge >= 0.3 is 0 Å². The van der Waals surface area contributed by atoms with E-state index >= 15 is 0 Å². The molecule has 33 heavy (non-hydrogen) atoms. The molecule has 2 aromatic carbocycles. The third kappa shape index (κ3) is 5.20. The first kappa shape index (κ1) is 23.3. The average molecular weight is 472 g/mol. The first-order valence-electron chi connectivity index (χ1n) is 11.2. The normalized spacial score (nSPS) is 19.0. The van der Waals surface area contributed by atoms with Crippen molar-refractivity contribution in [1.29, 1.82) is 0 Å². The molecule has 2 aromatic rings. The van der Waals surface area contributed by atoms with Gasteiger partial charge in [0.1, 0.15) is 10.6 Å². The van der Waals surface area contributed by atoms with E-state index in [0.29, 0.717) is 17.8 Å². The van der Waals surface area contributed by atoms with E-state index in [2.05, 4.69) is 10.6 Å². The Morgan fingerprint density at radius 1 is 0.970 bits per heavy atom. The van der Waals surface area contributed by atoms with E-state index in [4.69, 9.17) is 4.74 Å². The van der Waals surface area contributed by atoms with Crippen molar-refractivity contribution in [3.05, 3.63) is 53.6 Å². The van der Waals surface area contributed by atoms with E-state index in [9.17, 15) is 18.0 Å². The number of anilines is 1. The average Bonchev–Trinajstić information content (AvgIpc) is 3.63. The molecule has 2 N–H and O–H groups in total. The quantitative estimate of drug-likeness (QED) is 0.644. The molecule has 1 aliphatic carbocycles. The van der Waals surface area contributed by atoms with Crippen LogP contribution < -0.4 is 15.4 Å². The summed E-state index contributed by atoms with van der Waals surface area (Å²) < 4.78 is 33.5. The minimum Gasteiger partial charge on any atom is -0.495 e. The maximum Gasteiger partial charge on any atom is 0.255 e. The van der Waals surface area contributed by atoms with E-state index < -0.39 is 15.9 Å². The third-order valence-corrected chi connectivity index (χ3v) is 8.11. The van der Waals surface area contributed by atoms with Crippen LogP contribution in [0.3, 0.4) is 0 Å². The zero-order chi connectivity index (χ0) is 23.6. The molecule has 0 spiro atoms. The molecular weight excluding hydrogens is 442 g/mol. The lowest BCUT2D eigenvalue weighted by molar-refractivity contribution is 0.0950. The van der Waals surface area contributed by atoms with Crippen molar-refractivity contribution in [3.8, 4) is 5.75 Å². The van der Waals surface area contributed by atoms with E-state index in [1.165, 1.54) is 29.6 Å². The summed E-state index contributed by atoms with van der Waals surface area (Å²) in [4.78, 5) is 25.0. The maximum atomic E-state index is 13.4. The van der Waals surface area contributed by atoms with Crippen LogP contribution in [0.4, 0.5) is 5.69 Å². The van der Waals surface area contributed by atoms with Gasteiger partial charge in [0.25, 0.3) is 11.8 Å². The molecule has 176 valence electrons. The van der Waals surface area contributed by atoms with E-state index in [0.717, 1.165) is 32.1 Å². The molecule has 1 unspecified atom stereocenters. The van der Waals surface area contributed by atoms with Gasteiger partial charge in [0, 0.05) is 35.4 Å². The predicted octanol–water partition coefficient (Wildman–Crippen LogP) is 3.40. The summed E-state index contributed by atoms with van der Waals surface area (Å²) in [5.74, 6) is -0.376. The number of carbonyl (C=O) groups is 2. The number of amides is 2. The summed E-state index contributed by atoms with van der Waals surface area (Å²) in [7, 11) is -2.41. The van der Waals surface area contributed by atoms with Crippen LogP contribution in [0.25, 0.3) is 0 Å². The van der Waals surface area contributed by atoms with Gasteiger partial charge in [-0.1, -0.05) is 6.42 Å². The molecule has 4 rings (SSSR count). The Morgan fingerprint density at radius 2 is 1.67 bits per heavy atom. The van der Waals surface area contributed by atoms with Crippen LogP contribution >= 0.6 is 0 Å². The monoisotopic (exact) mass is 471 g/mol. The number of nitrogens with one attached hydrogen (secondary N) is 2. The Bertz CT molecular complexity index is 1140. The van der Waals surface area contributed by atoms with Crippen LogP contribution in [0.15, 0.2) is 47.4 Å². The summed E-state index contributed by atoms with van der Waals surface area (Å²) in [5.41, 5.74) is 1.23. The number of benzene rings is 2. The fraction of sp³-hybridized carbons (Fsp3) is 0.417. The lowest BCUT2D eigenvalue weighted by Crippen LogP contribution is -2.42. The van der Waals surface area contributed by atoms with E-state index in [1.807, 2.05) is 6.92 Å². The number of nitrogens with zero attached hydrogens (tertiary/aromatic N) is 1. The highest BCUT2D eigenvalue weighted by molar-refractivity contribution is 7.89. The molecule has 1 saturated carbocycles. The van der Waals surface area contributed by atoms with Crippen molar-refractivity contribution < 1.29 is 22.7 Å².